The Morgan fingerprint density at radius 2 is 2.15 bits per heavy atom. The van der Waals surface area contributed by atoms with Crippen LogP contribution in [-0.2, 0) is 17.6 Å². The van der Waals surface area contributed by atoms with E-state index in [2.05, 4.69) is 42.6 Å². The highest BCUT2D eigenvalue weighted by Crippen LogP contribution is 2.31. The molecule has 1 heterocycles. The molecule has 1 aliphatic carbocycles. The lowest BCUT2D eigenvalue weighted by Gasteiger charge is -2.34. The number of hydrogen-bond acceptors (Lipinski definition) is 2. The summed E-state index contributed by atoms with van der Waals surface area (Å²) in [5.41, 5.74) is 3.07. The number of nitrogens with one attached hydrogen (secondary N) is 1. The zero-order chi connectivity index (χ0) is 13.8. The molecule has 0 spiro atoms. The minimum absolute atomic E-state index is 0.397. The van der Waals surface area contributed by atoms with Crippen molar-refractivity contribution in [1.82, 2.24) is 5.32 Å². The smallest absolute Gasteiger partial charge is 0.109 e. The molecule has 108 valence electrons. The molecule has 3 rings (SSSR count). The van der Waals surface area contributed by atoms with E-state index < -0.39 is 0 Å². The van der Waals surface area contributed by atoms with Gasteiger partial charge in [-0.05, 0) is 61.8 Å². The van der Waals surface area contributed by atoms with Crippen LogP contribution in [0.2, 0.25) is 0 Å². The van der Waals surface area contributed by atoms with Crippen molar-refractivity contribution in [2.75, 3.05) is 13.2 Å². The third-order valence-corrected chi connectivity index (χ3v) is 4.55. The summed E-state index contributed by atoms with van der Waals surface area (Å²) >= 11 is 0. The lowest BCUT2D eigenvalue weighted by atomic mass is 9.79. The summed E-state index contributed by atoms with van der Waals surface area (Å²) in [5, 5.41) is 3.66. The standard InChI is InChI=1S/C18H25NO/c1-2-19-18(17-9-5-6-12-20-17)16-11-10-14-7-3-4-8-15(14)13-16/h3-4,7-9,16,18-19H,2,5-6,10-13H2,1H3. The van der Waals surface area contributed by atoms with Crippen LogP contribution in [0.1, 0.15) is 37.3 Å². The van der Waals surface area contributed by atoms with Crippen molar-refractivity contribution in [1.29, 1.82) is 0 Å². The molecule has 0 saturated carbocycles. The van der Waals surface area contributed by atoms with Crippen LogP contribution in [0.25, 0.3) is 0 Å². The molecular formula is C18H25NO. The van der Waals surface area contributed by atoms with E-state index in [1.807, 2.05) is 0 Å². The van der Waals surface area contributed by atoms with E-state index in [1.54, 1.807) is 0 Å². The third kappa shape index (κ3) is 2.90. The number of rotatable bonds is 4. The first-order valence-electron chi connectivity index (χ1n) is 8.01. The van der Waals surface area contributed by atoms with Gasteiger partial charge in [-0.1, -0.05) is 31.2 Å². The SMILES string of the molecule is CCNC(C1=CCCCO1)C1CCc2ccccc2C1. The molecule has 1 aromatic carbocycles. The van der Waals surface area contributed by atoms with Crippen LogP contribution in [0.4, 0.5) is 0 Å². The van der Waals surface area contributed by atoms with Crippen molar-refractivity contribution < 1.29 is 4.74 Å². The Morgan fingerprint density at radius 1 is 1.30 bits per heavy atom. The highest BCUT2D eigenvalue weighted by molar-refractivity contribution is 5.30. The van der Waals surface area contributed by atoms with Gasteiger partial charge in [-0.25, -0.2) is 0 Å². The molecule has 2 aliphatic rings. The zero-order valence-electron chi connectivity index (χ0n) is 12.4. The number of fused-ring (bicyclic) bond motifs is 1. The summed E-state index contributed by atoms with van der Waals surface area (Å²) in [7, 11) is 0. The fraction of sp³-hybridized carbons (Fsp3) is 0.556. The summed E-state index contributed by atoms with van der Waals surface area (Å²) in [5.74, 6) is 1.86. The van der Waals surface area contributed by atoms with Crippen molar-refractivity contribution >= 4 is 0 Å². The fourth-order valence-electron chi connectivity index (χ4n) is 3.52. The van der Waals surface area contributed by atoms with E-state index in [9.17, 15) is 0 Å². The molecule has 2 nitrogen and oxygen atoms in total. The molecule has 1 aliphatic heterocycles. The van der Waals surface area contributed by atoms with Gasteiger partial charge in [0.05, 0.1) is 12.6 Å². The number of benzene rings is 1. The predicted octanol–water partition coefficient (Wildman–Crippen LogP) is 3.46. The first-order valence-corrected chi connectivity index (χ1v) is 8.01. The van der Waals surface area contributed by atoms with Crippen molar-refractivity contribution in [3.63, 3.8) is 0 Å². The molecule has 0 bridgehead atoms. The average molecular weight is 271 g/mol. The van der Waals surface area contributed by atoms with Gasteiger partial charge < -0.3 is 10.1 Å². The van der Waals surface area contributed by atoms with Crippen LogP contribution in [0.15, 0.2) is 36.1 Å². The molecule has 1 N–H and O–H groups in total. The van der Waals surface area contributed by atoms with Crippen LogP contribution in [-0.4, -0.2) is 19.2 Å². The van der Waals surface area contributed by atoms with Crippen LogP contribution in [0.5, 0.6) is 0 Å². The molecule has 0 saturated heterocycles. The minimum Gasteiger partial charge on any atom is -0.497 e. The van der Waals surface area contributed by atoms with Crippen molar-refractivity contribution in [3.05, 3.63) is 47.2 Å². The lowest BCUT2D eigenvalue weighted by molar-refractivity contribution is 0.147. The van der Waals surface area contributed by atoms with Gasteiger partial charge in [0.2, 0.25) is 0 Å². The number of ether oxygens (including phenoxy) is 1. The van der Waals surface area contributed by atoms with Gasteiger partial charge in [0.15, 0.2) is 0 Å². The molecule has 20 heavy (non-hydrogen) atoms. The minimum atomic E-state index is 0.397. The highest BCUT2D eigenvalue weighted by atomic mass is 16.5. The molecule has 1 aromatic rings. The highest BCUT2D eigenvalue weighted by Gasteiger charge is 2.29. The van der Waals surface area contributed by atoms with E-state index in [1.165, 1.54) is 42.6 Å². The Kier molecular flexibility index (Phi) is 4.41. The molecule has 0 aromatic heterocycles. The van der Waals surface area contributed by atoms with Crippen molar-refractivity contribution in [3.8, 4) is 0 Å². The van der Waals surface area contributed by atoms with Crippen molar-refractivity contribution in [2.45, 2.75) is 45.1 Å². The molecule has 2 unspecified atom stereocenters. The Balaban J connectivity index is 1.77. The molecular weight excluding hydrogens is 246 g/mol. The van der Waals surface area contributed by atoms with Crippen LogP contribution in [0, 0.1) is 5.92 Å². The van der Waals surface area contributed by atoms with Crippen molar-refractivity contribution in [2.24, 2.45) is 5.92 Å². The van der Waals surface area contributed by atoms with Crippen LogP contribution >= 0.6 is 0 Å². The molecule has 2 heteroatoms. The predicted molar refractivity (Wildman–Crippen MR) is 82.7 cm³/mol. The second-order valence-corrected chi connectivity index (χ2v) is 5.90. The number of allylic oxidation sites excluding steroid dienone is 1. The maximum atomic E-state index is 5.93. The fourth-order valence-corrected chi connectivity index (χ4v) is 3.52. The van der Waals surface area contributed by atoms with E-state index in [4.69, 9.17) is 4.74 Å². The summed E-state index contributed by atoms with van der Waals surface area (Å²) in [6.07, 6.45) is 8.27. The second-order valence-electron chi connectivity index (χ2n) is 5.90. The number of aryl methyl sites for hydroxylation is 1. The third-order valence-electron chi connectivity index (χ3n) is 4.55. The molecule has 0 radical (unpaired) electrons. The monoisotopic (exact) mass is 271 g/mol. The van der Waals surface area contributed by atoms with Gasteiger partial charge in [0, 0.05) is 0 Å². The normalized spacial score (nSPS) is 23.4. The quantitative estimate of drug-likeness (QED) is 0.905. The number of hydrogen-bond donors (Lipinski definition) is 1. The molecule has 2 atom stereocenters. The van der Waals surface area contributed by atoms with Gasteiger partial charge in [-0.15, -0.1) is 0 Å². The summed E-state index contributed by atoms with van der Waals surface area (Å²) in [6, 6.07) is 9.30. The van der Waals surface area contributed by atoms with Crippen LogP contribution in [0.3, 0.4) is 0 Å². The topological polar surface area (TPSA) is 21.3 Å². The van der Waals surface area contributed by atoms with Gasteiger partial charge >= 0.3 is 0 Å². The Morgan fingerprint density at radius 3 is 2.90 bits per heavy atom. The maximum Gasteiger partial charge on any atom is 0.109 e. The Hall–Kier alpha value is -1.28. The average Bonchev–Trinajstić information content (AvgIpc) is 2.53. The summed E-state index contributed by atoms with van der Waals surface area (Å²) in [6.45, 7) is 4.08. The van der Waals surface area contributed by atoms with Gasteiger partial charge in [0.1, 0.15) is 5.76 Å². The number of likely N-dealkylation sites (N-methyl/N-ethyl adjacent to an activating group) is 1. The van der Waals surface area contributed by atoms with E-state index in [0.717, 1.165) is 19.6 Å². The summed E-state index contributed by atoms with van der Waals surface area (Å²) in [4.78, 5) is 0. The lowest BCUT2D eigenvalue weighted by Crippen LogP contribution is -2.41. The molecule has 0 fully saturated rings. The van der Waals surface area contributed by atoms with Crippen LogP contribution < -0.4 is 5.32 Å². The van der Waals surface area contributed by atoms with Gasteiger partial charge in [0.25, 0.3) is 0 Å². The second kappa shape index (κ2) is 6.45. The Labute approximate surface area is 122 Å². The first-order chi connectivity index (χ1) is 9.88. The van der Waals surface area contributed by atoms with Gasteiger partial charge in [-0.2, -0.15) is 0 Å². The summed E-state index contributed by atoms with van der Waals surface area (Å²) < 4.78 is 5.93. The maximum absolute atomic E-state index is 5.93. The zero-order valence-corrected chi connectivity index (χ0v) is 12.4. The van der Waals surface area contributed by atoms with Gasteiger partial charge in [-0.3, -0.25) is 0 Å². The Bertz CT molecular complexity index is 480. The first kappa shape index (κ1) is 13.7. The molecule has 0 amide bonds. The largest absolute Gasteiger partial charge is 0.497 e. The van der Waals surface area contributed by atoms with E-state index in [0.29, 0.717) is 12.0 Å². The van der Waals surface area contributed by atoms with E-state index >= 15 is 0 Å². The van der Waals surface area contributed by atoms with E-state index in [-0.39, 0.29) is 0 Å².